The van der Waals surface area contributed by atoms with Gasteiger partial charge in [0.15, 0.2) is 11.5 Å². The van der Waals surface area contributed by atoms with E-state index >= 15 is 0 Å². The van der Waals surface area contributed by atoms with Crippen LogP contribution in [-0.4, -0.2) is 19.8 Å². The van der Waals surface area contributed by atoms with E-state index in [9.17, 15) is 0 Å². The largest absolute Gasteiger partial charge is 0.493 e. The molecule has 1 unspecified atom stereocenters. The van der Waals surface area contributed by atoms with Crippen molar-refractivity contribution < 1.29 is 14.2 Å². The molecular formula is C15H22O3. The molecule has 0 aliphatic carbocycles. The molecular weight excluding hydrogens is 228 g/mol. The second kappa shape index (κ2) is 4.71. The topological polar surface area (TPSA) is 27.7 Å². The molecule has 0 saturated carbocycles. The van der Waals surface area contributed by atoms with Crippen molar-refractivity contribution in [1.82, 2.24) is 0 Å². The van der Waals surface area contributed by atoms with E-state index in [1.165, 1.54) is 5.56 Å². The molecule has 0 radical (unpaired) electrons. The molecule has 1 aromatic carbocycles. The van der Waals surface area contributed by atoms with Gasteiger partial charge in [-0.15, -0.1) is 0 Å². The summed E-state index contributed by atoms with van der Waals surface area (Å²) in [5.41, 5.74) is 1.10. The van der Waals surface area contributed by atoms with E-state index in [1.807, 2.05) is 12.1 Å². The highest BCUT2D eigenvalue weighted by Gasteiger charge is 2.36. The first kappa shape index (κ1) is 13.1. The number of ether oxygens (including phenoxy) is 3. The van der Waals surface area contributed by atoms with E-state index < -0.39 is 0 Å². The highest BCUT2D eigenvalue weighted by Crippen LogP contribution is 2.43. The first-order chi connectivity index (χ1) is 8.47. The molecule has 2 rings (SSSR count). The molecule has 1 aliphatic heterocycles. The number of methoxy groups -OCH3 is 2. The third-order valence-electron chi connectivity index (χ3n) is 3.33. The van der Waals surface area contributed by atoms with Crippen LogP contribution in [0.2, 0.25) is 0 Å². The number of fused-ring (bicyclic) bond motifs is 1. The minimum atomic E-state index is -0.103. The highest BCUT2D eigenvalue weighted by molar-refractivity contribution is 5.53. The predicted octanol–water partition coefficient (Wildman–Crippen LogP) is 3.44. The zero-order valence-electron chi connectivity index (χ0n) is 11.9. The van der Waals surface area contributed by atoms with E-state index in [0.717, 1.165) is 30.1 Å². The highest BCUT2D eigenvalue weighted by atomic mass is 16.5. The van der Waals surface area contributed by atoms with Crippen molar-refractivity contribution in [2.75, 3.05) is 14.2 Å². The maximum absolute atomic E-state index is 6.11. The van der Waals surface area contributed by atoms with Gasteiger partial charge in [-0.1, -0.05) is 13.8 Å². The lowest BCUT2D eigenvalue weighted by Gasteiger charge is -2.25. The van der Waals surface area contributed by atoms with Gasteiger partial charge in [0.25, 0.3) is 0 Å². The molecule has 0 N–H and O–H groups in total. The van der Waals surface area contributed by atoms with Gasteiger partial charge in [-0.2, -0.15) is 0 Å². The summed E-state index contributed by atoms with van der Waals surface area (Å²) in [6.45, 7) is 6.61. The number of hydrogen-bond donors (Lipinski definition) is 0. The monoisotopic (exact) mass is 250 g/mol. The molecule has 1 aliphatic rings. The van der Waals surface area contributed by atoms with Crippen molar-refractivity contribution >= 4 is 0 Å². The summed E-state index contributed by atoms with van der Waals surface area (Å²) >= 11 is 0. The van der Waals surface area contributed by atoms with Gasteiger partial charge in [0.05, 0.1) is 14.2 Å². The zero-order valence-corrected chi connectivity index (χ0v) is 11.9. The molecule has 18 heavy (non-hydrogen) atoms. The van der Waals surface area contributed by atoms with Crippen molar-refractivity contribution in [2.24, 2.45) is 5.92 Å². The Kier molecular flexibility index (Phi) is 3.42. The predicted molar refractivity (Wildman–Crippen MR) is 71.7 cm³/mol. The third kappa shape index (κ3) is 2.40. The Morgan fingerprint density at radius 2 is 1.83 bits per heavy atom. The summed E-state index contributed by atoms with van der Waals surface area (Å²) < 4.78 is 16.7. The van der Waals surface area contributed by atoms with Gasteiger partial charge >= 0.3 is 0 Å². The molecule has 0 amide bonds. The van der Waals surface area contributed by atoms with E-state index in [0.29, 0.717) is 5.92 Å². The average Bonchev–Trinajstić information content (AvgIpc) is 2.60. The van der Waals surface area contributed by atoms with Crippen LogP contribution >= 0.6 is 0 Å². The van der Waals surface area contributed by atoms with Crippen LogP contribution in [0.5, 0.6) is 17.2 Å². The average molecular weight is 250 g/mol. The minimum absolute atomic E-state index is 0.103. The fourth-order valence-corrected chi connectivity index (χ4v) is 2.82. The molecule has 0 fully saturated rings. The molecule has 0 spiro atoms. The summed E-state index contributed by atoms with van der Waals surface area (Å²) in [5, 5.41) is 0. The molecule has 1 heterocycles. The Hall–Kier alpha value is -1.38. The lowest BCUT2D eigenvalue weighted by molar-refractivity contribution is 0.0905. The molecule has 1 atom stereocenters. The normalized spacial score (nSPS) is 21.7. The van der Waals surface area contributed by atoms with Crippen LogP contribution in [0, 0.1) is 5.92 Å². The van der Waals surface area contributed by atoms with Crippen LogP contribution in [0.4, 0.5) is 0 Å². The smallest absolute Gasteiger partial charge is 0.164 e. The molecule has 0 saturated heterocycles. The van der Waals surface area contributed by atoms with E-state index in [4.69, 9.17) is 14.2 Å². The number of hydrogen-bond acceptors (Lipinski definition) is 3. The second-order valence-electron chi connectivity index (χ2n) is 5.64. The molecule has 3 nitrogen and oxygen atoms in total. The van der Waals surface area contributed by atoms with Crippen molar-refractivity contribution in [3.8, 4) is 17.2 Å². The Balaban J connectivity index is 2.29. The maximum atomic E-state index is 6.11. The third-order valence-corrected chi connectivity index (χ3v) is 3.33. The Morgan fingerprint density at radius 1 is 1.22 bits per heavy atom. The van der Waals surface area contributed by atoms with Crippen molar-refractivity contribution in [3.05, 3.63) is 17.7 Å². The quantitative estimate of drug-likeness (QED) is 0.819. The summed E-state index contributed by atoms with van der Waals surface area (Å²) in [5.74, 6) is 3.04. The van der Waals surface area contributed by atoms with Crippen LogP contribution in [0.3, 0.4) is 0 Å². The fraction of sp³-hybridized carbons (Fsp3) is 0.600. The van der Waals surface area contributed by atoms with E-state index in [2.05, 4.69) is 20.8 Å². The molecule has 3 heteroatoms. The van der Waals surface area contributed by atoms with Gasteiger partial charge in [0, 0.05) is 18.1 Å². The van der Waals surface area contributed by atoms with Gasteiger partial charge in [-0.05, 0) is 25.3 Å². The lowest BCUT2D eigenvalue weighted by Crippen LogP contribution is -2.31. The van der Waals surface area contributed by atoms with Gasteiger partial charge in [0.2, 0.25) is 0 Å². The van der Waals surface area contributed by atoms with E-state index in [-0.39, 0.29) is 5.60 Å². The van der Waals surface area contributed by atoms with Crippen LogP contribution < -0.4 is 14.2 Å². The Labute approximate surface area is 109 Å². The first-order valence-electron chi connectivity index (χ1n) is 6.41. The standard InChI is InChI=1S/C15H22O3/c1-10(2)8-15(3)9-11-6-13(16-4)14(17-5)7-12(11)18-15/h6-7,10H,8-9H2,1-5H3. The maximum Gasteiger partial charge on any atom is 0.164 e. The Bertz CT molecular complexity index is 405. The molecule has 100 valence electrons. The SMILES string of the molecule is COc1cc2c(cc1OC)OC(C)(CC(C)C)C2. The lowest BCUT2D eigenvalue weighted by atomic mass is 9.90. The van der Waals surface area contributed by atoms with Gasteiger partial charge in [-0.25, -0.2) is 0 Å². The minimum Gasteiger partial charge on any atom is -0.493 e. The van der Waals surface area contributed by atoms with Crippen LogP contribution in [-0.2, 0) is 6.42 Å². The summed E-state index contributed by atoms with van der Waals surface area (Å²) in [4.78, 5) is 0. The van der Waals surface area contributed by atoms with Gasteiger partial charge < -0.3 is 14.2 Å². The van der Waals surface area contributed by atoms with Gasteiger partial charge in [-0.3, -0.25) is 0 Å². The molecule has 0 bridgehead atoms. The number of rotatable bonds is 4. The summed E-state index contributed by atoms with van der Waals surface area (Å²) in [6.07, 6.45) is 1.98. The summed E-state index contributed by atoms with van der Waals surface area (Å²) in [7, 11) is 3.31. The van der Waals surface area contributed by atoms with Crippen molar-refractivity contribution in [3.63, 3.8) is 0 Å². The second-order valence-corrected chi connectivity index (χ2v) is 5.64. The van der Waals surface area contributed by atoms with Crippen LogP contribution in [0.25, 0.3) is 0 Å². The van der Waals surface area contributed by atoms with Crippen molar-refractivity contribution in [2.45, 2.75) is 39.2 Å². The van der Waals surface area contributed by atoms with E-state index in [1.54, 1.807) is 14.2 Å². The van der Waals surface area contributed by atoms with Crippen LogP contribution in [0.1, 0.15) is 32.8 Å². The Morgan fingerprint density at radius 3 is 2.39 bits per heavy atom. The zero-order chi connectivity index (χ0) is 13.3. The van der Waals surface area contributed by atoms with Crippen molar-refractivity contribution in [1.29, 1.82) is 0 Å². The molecule has 1 aromatic rings. The van der Waals surface area contributed by atoms with Gasteiger partial charge in [0.1, 0.15) is 11.4 Å². The first-order valence-corrected chi connectivity index (χ1v) is 6.41. The molecule has 0 aromatic heterocycles. The fourth-order valence-electron chi connectivity index (χ4n) is 2.82. The summed E-state index contributed by atoms with van der Waals surface area (Å²) in [6, 6.07) is 3.96. The number of benzene rings is 1. The van der Waals surface area contributed by atoms with Crippen LogP contribution in [0.15, 0.2) is 12.1 Å².